The third-order valence-electron chi connectivity index (χ3n) is 9.68. The van der Waals surface area contributed by atoms with Crippen LogP contribution in [0.5, 0.6) is 17.2 Å². The van der Waals surface area contributed by atoms with Gasteiger partial charge in [0.1, 0.15) is 18.0 Å². The van der Waals surface area contributed by atoms with Crippen molar-refractivity contribution in [3.8, 4) is 28.4 Å². The first-order chi connectivity index (χ1) is 26.2. The number of nitrogens with zero attached hydrogens (tertiary/aromatic N) is 5. The van der Waals surface area contributed by atoms with Crippen LogP contribution in [0.15, 0.2) is 35.6 Å². The van der Waals surface area contributed by atoms with Crippen LogP contribution in [0.25, 0.3) is 22.2 Å². The van der Waals surface area contributed by atoms with E-state index in [2.05, 4.69) is 65.9 Å². The number of aryl methyl sites for hydroxylation is 1. The number of nitrogens with one attached hydrogen (secondary N) is 2. The number of amides is 2. The standard InChI is InChI=1S/C40H54ClN7O7Si/c1-24-20-52-12-11-48(24)30-16-29(28(41)17-42-30)44-31(49)19-47-18-27(32-36(47)43-22-46(7)38(32)51)25-15-26(37(50)45-40(5,6)21-39(2,3)4)34(35-33(25)54-23-55-35)53-13-14-56(8,9)10/h15-18,22,24H,11-14,19-21,23H2,1-10H3,(H,45,50)(H,42,44,49). The third-order valence-corrected chi connectivity index (χ3v) is 11.7. The molecule has 1 saturated heterocycles. The molecule has 16 heteroatoms. The van der Waals surface area contributed by atoms with Crippen LogP contribution in [-0.2, 0) is 23.1 Å². The minimum absolute atomic E-state index is 0.0546. The van der Waals surface area contributed by atoms with Gasteiger partial charge >= 0.3 is 0 Å². The molecule has 1 atom stereocenters. The molecule has 14 nitrogen and oxygen atoms in total. The summed E-state index contributed by atoms with van der Waals surface area (Å²) >= 11 is 6.52. The second kappa shape index (κ2) is 15.7. The molecule has 4 aromatic rings. The van der Waals surface area contributed by atoms with E-state index in [0.29, 0.717) is 61.2 Å². The summed E-state index contributed by atoms with van der Waals surface area (Å²) in [6.07, 6.45) is 5.32. The summed E-state index contributed by atoms with van der Waals surface area (Å²) in [5.41, 5.74) is 0.825. The Morgan fingerprint density at radius 1 is 1.07 bits per heavy atom. The van der Waals surface area contributed by atoms with Gasteiger partial charge in [-0.05, 0) is 44.7 Å². The van der Waals surface area contributed by atoms with Gasteiger partial charge in [-0.2, -0.15) is 0 Å². The minimum atomic E-state index is -1.50. The molecule has 0 spiro atoms. The van der Waals surface area contributed by atoms with Gasteiger partial charge in [0.15, 0.2) is 11.5 Å². The van der Waals surface area contributed by atoms with Crippen LogP contribution in [0.1, 0.15) is 58.3 Å². The summed E-state index contributed by atoms with van der Waals surface area (Å²) in [7, 11) is 0.109. The molecule has 1 aromatic carbocycles. The van der Waals surface area contributed by atoms with Crippen molar-refractivity contribution in [2.24, 2.45) is 12.5 Å². The molecule has 2 N–H and O–H groups in total. The van der Waals surface area contributed by atoms with Gasteiger partial charge in [-0.15, -0.1) is 0 Å². The number of hydrogen-bond acceptors (Lipinski definition) is 10. The van der Waals surface area contributed by atoms with Crippen molar-refractivity contribution in [1.29, 1.82) is 0 Å². The van der Waals surface area contributed by atoms with Gasteiger partial charge in [-0.3, -0.25) is 14.4 Å². The van der Waals surface area contributed by atoms with E-state index in [4.69, 9.17) is 30.5 Å². The highest BCUT2D eigenvalue weighted by Gasteiger charge is 2.35. The molecule has 302 valence electrons. The molecular weight excluding hydrogens is 754 g/mol. The Balaban J connectivity index is 1.41. The Morgan fingerprint density at radius 2 is 1.80 bits per heavy atom. The molecule has 6 rings (SSSR count). The van der Waals surface area contributed by atoms with E-state index in [1.54, 1.807) is 29.9 Å². The van der Waals surface area contributed by atoms with Gasteiger partial charge in [0.2, 0.25) is 18.4 Å². The first-order valence-corrected chi connectivity index (χ1v) is 23.1. The van der Waals surface area contributed by atoms with Gasteiger partial charge in [0.25, 0.3) is 11.5 Å². The highest BCUT2D eigenvalue weighted by Crippen LogP contribution is 2.51. The summed E-state index contributed by atoms with van der Waals surface area (Å²) in [5.74, 6) is 0.830. The summed E-state index contributed by atoms with van der Waals surface area (Å²) in [5, 5.41) is 6.67. The maximum absolute atomic E-state index is 14.4. The number of halogens is 1. The van der Waals surface area contributed by atoms with Crippen LogP contribution >= 0.6 is 11.6 Å². The molecule has 2 aliphatic heterocycles. The van der Waals surface area contributed by atoms with E-state index in [0.717, 1.165) is 6.04 Å². The fraction of sp³-hybridized carbons (Fsp3) is 0.525. The molecule has 1 fully saturated rings. The number of pyridine rings is 1. The Hall–Kier alpha value is -4.60. The Bertz CT molecular complexity index is 2210. The number of benzene rings is 1. The number of rotatable bonds is 12. The predicted molar refractivity (Wildman–Crippen MR) is 221 cm³/mol. The zero-order valence-electron chi connectivity index (χ0n) is 34.1. The number of fused-ring (bicyclic) bond motifs is 2. The smallest absolute Gasteiger partial charge is 0.263 e. The number of carbonyl (C=O) groups excluding carboxylic acids is 2. The zero-order chi connectivity index (χ0) is 40.7. The average Bonchev–Trinajstić information content (AvgIpc) is 3.72. The van der Waals surface area contributed by atoms with Gasteiger partial charge in [0, 0.05) is 50.6 Å². The Kier molecular flexibility index (Phi) is 11.5. The molecule has 56 heavy (non-hydrogen) atoms. The van der Waals surface area contributed by atoms with Crippen molar-refractivity contribution in [1.82, 2.24) is 24.4 Å². The first kappa shape index (κ1) is 41.0. The van der Waals surface area contributed by atoms with Crippen molar-refractivity contribution in [2.75, 3.05) is 43.4 Å². The molecule has 2 aliphatic rings. The number of aromatic nitrogens is 4. The van der Waals surface area contributed by atoms with Crippen molar-refractivity contribution >= 4 is 54.0 Å². The Morgan fingerprint density at radius 3 is 2.50 bits per heavy atom. The van der Waals surface area contributed by atoms with Crippen LogP contribution in [0.3, 0.4) is 0 Å². The first-order valence-electron chi connectivity index (χ1n) is 19.0. The largest absolute Gasteiger partial charge is 0.489 e. The minimum Gasteiger partial charge on any atom is -0.489 e. The topological polar surface area (TPSA) is 151 Å². The third kappa shape index (κ3) is 9.16. The highest BCUT2D eigenvalue weighted by atomic mass is 35.5. The van der Waals surface area contributed by atoms with Gasteiger partial charge in [-0.1, -0.05) is 52.0 Å². The van der Waals surface area contributed by atoms with Crippen LogP contribution in [0, 0.1) is 5.41 Å². The summed E-state index contributed by atoms with van der Waals surface area (Å²) in [4.78, 5) is 53.2. The maximum Gasteiger partial charge on any atom is 0.263 e. The SMILES string of the molecule is CC1COCCN1c1cc(NC(=O)Cn2cc(-c3cc(C(=O)NC(C)(C)CC(C)(C)C)c(OCC[Si](C)(C)C)c4c3OCO4)c3c(=O)n(C)cnc32)c(Cl)cn1. The molecular formula is C40H54ClN7O7Si. The normalized spacial score (nSPS) is 16.0. The van der Waals surface area contributed by atoms with E-state index >= 15 is 0 Å². The van der Waals surface area contributed by atoms with Crippen LogP contribution < -0.4 is 35.3 Å². The van der Waals surface area contributed by atoms with Crippen LogP contribution in [0.4, 0.5) is 11.5 Å². The van der Waals surface area contributed by atoms with E-state index in [1.165, 1.54) is 17.1 Å². The van der Waals surface area contributed by atoms with E-state index in [1.807, 2.05) is 20.8 Å². The van der Waals surface area contributed by atoms with Crippen molar-refractivity contribution in [3.05, 3.63) is 51.8 Å². The summed E-state index contributed by atoms with van der Waals surface area (Å²) in [6.45, 7) is 21.1. The van der Waals surface area contributed by atoms with E-state index in [9.17, 15) is 14.4 Å². The molecule has 0 aliphatic carbocycles. The molecule has 3 aromatic heterocycles. The van der Waals surface area contributed by atoms with Gasteiger partial charge in [0.05, 0.1) is 60.0 Å². The lowest BCUT2D eigenvalue weighted by Crippen LogP contribution is -2.45. The summed E-state index contributed by atoms with van der Waals surface area (Å²) in [6, 6.07) is 4.40. The van der Waals surface area contributed by atoms with Crippen molar-refractivity contribution < 1.29 is 28.5 Å². The van der Waals surface area contributed by atoms with E-state index in [-0.39, 0.29) is 69.4 Å². The highest BCUT2D eigenvalue weighted by molar-refractivity contribution is 6.76. The monoisotopic (exact) mass is 807 g/mol. The lowest BCUT2D eigenvalue weighted by Gasteiger charge is -2.34. The lowest BCUT2D eigenvalue weighted by atomic mass is 9.81. The van der Waals surface area contributed by atoms with Crippen LogP contribution in [0.2, 0.25) is 30.7 Å². The molecule has 0 radical (unpaired) electrons. The number of ether oxygens (including phenoxy) is 4. The number of anilines is 2. The van der Waals surface area contributed by atoms with Gasteiger partial charge < -0.3 is 43.6 Å². The lowest BCUT2D eigenvalue weighted by molar-refractivity contribution is -0.116. The second-order valence-corrected chi connectivity index (χ2v) is 23.8. The quantitative estimate of drug-likeness (QED) is 0.148. The number of hydrogen-bond donors (Lipinski definition) is 2. The van der Waals surface area contributed by atoms with Crippen LogP contribution in [-0.4, -0.2) is 83.7 Å². The molecule has 0 saturated carbocycles. The molecule has 0 bridgehead atoms. The average molecular weight is 808 g/mol. The number of carbonyl (C=O) groups is 2. The molecule has 1 unspecified atom stereocenters. The van der Waals surface area contributed by atoms with E-state index < -0.39 is 19.5 Å². The Labute approximate surface area is 333 Å². The fourth-order valence-electron chi connectivity index (χ4n) is 7.44. The van der Waals surface area contributed by atoms with Gasteiger partial charge in [-0.25, -0.2) is 9.97 Å². The second-order valence-electron chi connectivity index (χ2n) is 17.8. The molecule has 2 amide bonds. The fourth-order valence-corrected chi connectivity index (χ4v) is 8.31. The zero-order valence-corrected chi connectivity index (χ0v) is 35.8. The molecule has 5 heterocycles. The maximum atomic E-state index is 14.4. The number of morpholine rings is 1. The van der Waals surface area contributed by atoms with Crippen molar-refractivity contribution in [3.63, 3.8) is 0 Å². The predicted octanol–water partition coefficient (Wildman–Crippen LogP) is 6.70. The van der Waals surface area contributed by atoms with Crippen molar-refractivity contribution in [2.45, 2.75) is 91.8 Å². The summed E-state index contributed by atoms with van der Waals surface area (Å²) < 4.78 is 27.1.